The number of carbonyl (C=O) groups is 3. The molecular weight excluding hydrogens is 640 g/mol. The molecule has 3 aliphatic rings. The maximum absolute atomic E-state index is 13.7. The van der Waals surface area contributed by atoms with Crippen molar-refractivity contribution in [3.8, 4) is 0 Å². The fourth-order valence-corrected chi connectivity index (χ4v) is 7.75. The molecule has 3 amide bonds. The first-order valence-electron chi connectivity index (χ1n) is 11.2. The van der Waals surface area contributed by atoms with Gasteiger partial charge in [-0.3, -0.25) is 34.6 Å². The van der Waals surface area contributed by atoms with Crippen molar-refractivity contribution in [2.45, 2.75) is 22.6 Å². The summed E-state index contributed by atoms with van der Waals surface area (Å²) >= 11 is 13.2. The van der Waals surface area contributed by atoms with Gasteiger partial charge in [0.05, 0.1) is 33.8 Å². The van der Waals surface area contributed by atoms with E-state index in [0.717, 1.165) is 22.2 Å². The van der Waals surface area contributed by atoms with Gasteiger partial charge in [0.15, 0.2) is 0 Å². The molecule has 2 aromatic carbocycles. The predicted molar refractivity (Wildman–Crippen MR) is 137 cm³/mol. The van der Waals surface area contributed by atoms with Crippen LogP contribution in [0, 0.1) is 43.9 Å². The number of nitro groups is 2. The third-order valence-electron chi connectivity index (χ3n) is 7.31. The molecule has 1 heterocycles. The number of non-ortho nitro benzene ring substituents is 1. The Hall–Kier alpha value is -2.90. The van der Waals surface area contributed by atoms with Gasteiger partial charge in [-0.1, -0.05) is 49.5 Å². The first-order valence-corrected chi connectivity index (χ1v) is 13.4. The number of nitro benzene ring substituents is 2. The number of fused-ring (bicyclic) bond motifs is 5. The molecule has 6 atom stereocenters. The van der Waals surface area contributed by atoms with Gasteiger partial charge in [-0.25, -0.2) is 5.01 Å². The maximum atomic E-state index is 13.7. The van der Waals surface area contributed by atoms with Crippen LogP contribution in [0.2, 0.25) is 5.02 Å². The SMILES string of the molecule is O=C(c1cccc([N+](=O)[O-])c1)N(Cc1ccc(Cl)cc1[N+](=O)[O-])N1C(=O)[C@@H]2[C@H]3C[C@@H]([C@H](Br)[C@H]3Br)[C@@H]2C1=O. The van der Waals surface area contributed by atoms with Gasteiger partial charge in [-0.15, -0.1) is 0 Å². The summed E-state index contributed by atoms with van der Waals surface area (Å²) in [6.07, 6.45) is 0.675. The average molecular weight is 657 g/mol. The molecule has 14 heteroatoms. The summed E-state index contributed by atoms with van der Waals surface area (Å²) in [4.78, 5) is 62.6. The molecule has 3 fully saturated rings. The lowest BCUT2D eigenvalue weighted by Crippen LogP contribution is -2.50. The fourth-order valence-electron chi connectivity index (χ4n) is 5.71. The number of amides is 3. The van der Waals surface area contributed by atoms with E-state index in [-0.39, 0.29) is 43.3 Å². The lowest BCUT2D eigenvalue weighted by atomic mass is 9.81. The summed E-state index contributed by atoms with van der Waals surface area (Å²) in [6, 6.07) is 8.70. The van der Waals surface area contributed by atoms with Gasteiger partial charge >= 0.3 is 0 Å². The Bertz CT molecular complexity index is 1340. The van der Waals surface area contributed by atoms with E-state index in [1.54, 1.807) is 0 Å². The van der Waals surface area contributed by atoms with Gasteiger partial charge in [-0.05, 0) is 36.5 Å². The van der Waals surface area contributed by atoms with Crippen LogP contribution in [0.15, 0.2) is 42.5 Å². The quantitative estimate of drug-likeness (QED) is 0.193. The monoisotopic (exact) mass is 654 g/mol. The van der Waals surface area contributed by atoms with Gasteiger partial charge in [-0.2, -0.15) is 5.01 Å². The van der Waals surface area contributed by atoms with Crippen LogP contribution >= 0.6 is 43.5 Å². The summed E-state index contributed by atoms with van der Waals surface area (Å²) < 4.78 is 0. The first kappa shape index (κ1) is 25.7. The van der Waals surface area contributed by atoms with Crippen LogP contribution in [0.5, 0.6) is 0 Å². The minimum Gasteiger partial charge on any atom is -0.272 e. The number of alkyl halides is 2. The minimum absolute atomic E-state index is 0.0329. The van der Waals surface area contributed by atoms with Crippen LogP contribution in [0.4, 0.5) is 11.4 Å². The topological polar surface area (TPSA) is 144 Å². The molecule has 2 bridgehead atoms. The second kappa shape index (κ2) is 9.44. The van der Waals surface area contributed by atoms with Gasteiger partial charge < -0.3 is 0 Å². The Morgan fingerprint density at radius 2 is 1.62 bits per heavy atom. The van der Waals surface area contributed by atoms with Crippen LogP contribution in [0.1, 0.15) is 22.3 Å². The van der Waals surface area contributed by atoms with Crippen molar-refractivity contribution in [1.82, 2.24) is 10.0 Å². The number of hydrogen-bond acceptors (Lipinski definition) is 7. The zero-order valence-corrected chi connectivity index (χ0v) is 22.6. The molecule has 11 nitrogen and oxygen atoms in total. The van der Waals surface area contributed by atoms with Crippen LogP contribution in [-0.2, 0) is 16.1 Å². The highest BCUT2D eigenvalue weighted by molar-refractivity contribution is 9.12. The number of hydrogen-bond donors (Lipinski definition) is 0. The molecule has 0 aromatic heterocycles. The Kier molecular flexibility index (Phi) is 6.57. The standard InChI is InChI=1S/C23H17Br2ClN4O7/c24-19-14-8-15(20(19)25)18-17(14)22(32)28(23(18)33)27(9-11-4-5-12(26)7-16(11)30(36)37)21(31)10-2-1-3-13(6-10)29(34)35/h1-7,14-15,17-20H,8-9H2/t14-,15-,17-,18+,19+,20+/m1/s1. The van der Waals surface area contributed by atoms with Crippen LogP contribution in [-0.4, -0.2) is 47.2 Å². The van der Waals surface area contributed by atoms with Crippen molar-refractivity contribution in [3.05, 3.63) is 78.8 Å². The molecular formula is C23H17Br2ClN4O7. The van der Waals surface area contributed by atoms with E-state index in [4.69, 9.17) is 11.6 Å². The molecule has 0 unspecified atom stereocenters. The molecule has 0 N–H and O–H groups in total. The molecule has 2 aromatic rings. The van der Waals surface area contributed by atoms with Gasteiger partial charge in [0, 0.05) is 38.4 Å². The van der Waals surface area contributed by atoms with Crippen molar-refractivity contribution in [3.63, 3.8) is 0 Å². The summed E-state index contributed by atoms with van der Waals surface area (Å²) in [5.41, 5.74) is -0.875. The zero-order chi connectivity index (χ0) is 26.8. The second-order valence-corrected chi connectivity index (χ2v) is 11.7. The Labute approximate surface area is 231 Å². The fraction of sp³-hybridized carbons (Fsp3) is 0.348. The highest BCUT2D eigenvalue weighted by Crippen LogP contribution is 2.60. The van der Waals surface area contributed by atoms with E-state index in [1.807, 2.05) is 0 Å². The van der Waals surface area contributed by atoms with Gasteiger partial charge in [0.1, 0.15) is 0 Å². The Morgan fingerprint density at radius 1 is 1.00 bits per heavy atom. The van der Waals surface area contributed by atoms with E-state index < -0.39 is 51.6 Å². The zero-order valence-electron chi connectivity index (χ0n) is 18.7. The lowest BCUT2D eigenvalue weighted by Gasteiger charge is -2.31. The predicted octanol–water partition coefficient (Wildman–Crippen LogP) is 4.49. The number of benzene rings is 2. The molecule has 192 valence electrons. The van der Waals surface area contributed by atoms with Crippen LogP contribution in [0.25, 0.3) is 0 Å². The largest absolute Gasteiger partial charge is 0.275 e. The van der Waals surface area contributed by atoms with Crippen molar-refractivity contribution in [1.29, 1.82) is 0 Å². The highest BCUT2D eigenvalue weighted by Gasteiger charge is 2.67. The number of nitrogens with zero attached hydrogens (tertiary/aromatic N) is 4. The summed E-state index contributed by atoms with van der Waals surface area (Å²) in [5, 5.41) is 24.7. The smallest absolute Gasteiger partial charge is 0.272 e. The van der Waals surface area contributed by atoms with E-state index in [0.29, 0.717) is 6.42 Å². The third kappa shape index (κ3) is 4.12. The molecule has 37 heavy (non-hydrogen) atoms. The summed E-state index contributed by atoms with van der Waals surface area (Å²) in [7, 11) is 0. The number of imide groups is 1. The summed E-state index contributed by atoms with van der Waals surface area (Å²) in [6.45, 7) is -0.503. The Balaban J connectivity index is 1.58. The highest BCUT2D eigenvalue weighted by atomic mass is 79.9. The lowest BCUT2D eigenvalue weighted by molar-refractivity contribution is -0.385. The first-order chi connectivity index (χ1) is 17.5. The normalized spacial score (nSPS) is 27.9. The molecule has 1 saturated heterocycles. The minimum atomic E-state index is -0.882. The van der Waals surface area contributed by atoms with Gasteiger partial charge in [0.2, 0.25) is 0 Å². The van der Waals surface area contributed by atoms with Crippen LogP contribution in [0.3, 0.4) is 0 Å². The van der Waals surface area contributed by atoms with E-state index >= 15 is 0 Å². The molecule has 5 rings (SSSR count). The van der Waals surface area contributed by atoms with E-state index in [1.165, 1.54) is 30.3 Å². The van der Waals surface area contributed by atoms with Gasteiger partial charge in [0.25, 0.3) is 29.1 Å². The number of rotatable bonds is 6. The molecule has 0 radical (unpaired) electrons. The van der Waals surface area contributed by atoms with Crippen molar-refractivity contribution in [2.75, 3.05) is 0 Å². The van der Waals surface area contributed by atoms with Crippen molar-refractivity contribution >= 4 is 72.6 Å². The molecule has 2 aliphatic carbocycles. The number of hydrazine groups is 1. The number of halogens is 3. The van der Waals surface area contributed by atoms with Crippen molar-refractivity contribution < 1.29 is 24.2 Å². The Morgan fingerprint density at radius 3 is 2.19 bits per heavy atom. The second-order valence-electron chi connectivity index (χ2n) is 9.19. The van der Waals surface area contributed by atoms with Crippen molar-refractivity contribution in [2.24, 2.45) is 23.7 Å². The third-order valence-corrected chi connectivity index (χ3v) is 10.7. The molecule has 0 spiro atoms. The maximum Gasteiger partial charge on any atom is 0.275 e. The average Bonchev–Trinajstić information content (AvgIpc) is 3.48. The molecule has 1 aliphatic heterocycles. The van der Waals surface area contributed by atoms with E-state index in [2.05, 4.69) is 31.9 Å². The van der Waals surface area contributed by atoms with Crippen LogP contribution < -0.4 is 0 Å². The number of carbonyl (C=O) groups excluding carboxylic acids is 3. The summed E-state index contributed by atoms with van der Waals surface area (Å²) in [5.74, 6) is -3.55. The molecule has 2 saturated carbocycles. The van der Waals surface area contributed by atoms with E-state index in [9.17, 15) is 34.6 Å².